The van der Waals surface area contributed by atoms with Crippen molar-refractivity contribution in [2.75, 3.05) is 13.2 Å². The highest BCUT2D eigenvalue weighted by molar-refractivity contribution is 6.81. The molecule has 0 atom stereocenters. The van der Waals surface area contributed by atoms with Crippen molar-refractivity contribution >= 4 is 14.0 Å². The fourth-order valence-corrected chi connectivity index (χ4v) is 2.38. The van der Waals surface area contributed by atoms with Crippen LogP contribution in [0, 0.1) is 0 Å². The van der Waals surface area contributed by atoms with Gasteiger partial charge in [0.25, 0.3) is 0 Å². The fraction of sp³-hybridized carbons (Fsp3) is 0.667. The molecule has 0 aromatic carbocycles. The van der Waals surface area contributed by atoms with Crippen LogP contribution in [0.5, 0.6) is 0 Å². The Hall–Kier alpha value is -0.613. The molecular formula is C9H18O3Si. The third-order valence-electron chi connectivity index (χ3n) is 1.30. The Morgan fingerprint density at radius 2 is 2.00 bits per heavy atom. The van der Waals surface area contributed by atoms with E-state index >= 15 is 0 Å². The largest absolute Gasteiger partial charge is 0.460 e. The molecule has 0 saturated carbocycles. The second-order valence-electron chi connectivity index (χ2n) is 4.05. The fourth-order valence-electron chi connectivity index (χ4n) is 0.961. The molecule has 0 bridgehead atoms. The molecule has 0 amide bonds. The second-order valence-corrected chi connectivity index (χ2v) is 9.07. The maximum absolute atomic E-state index is 11.2. The number of aliphatic hydroxyl groups is 1. The van der Waals surface area contributed by atoms with E-state index in [9.17, 15) is 4.79 Å². The van der Waals surface area contributed by atoms with Crippen LogP contribution in [0.2, 0.25) is 19.6 Å². The van der Waals surface area contributed by atoms with Crippen LogP contribution < -0.4 is 0 Å². The quantitative estimate of drug-likeness (QED) is 0.425. The van der Waals surface area contributed by atoms with E-state index in [4.69, 9.17) is 9.84 Å². The number of aliphatic hydroxyl groups excluding tert-OH is 1. The van der Waals surface area contributed by atoms with E-state index in [1.807, 2.05) is 5.70 Å². The first-order valence-electron chi connectivity index (χ1n) is 4.34. The molecule has 4 heteroatoms. The summed E-state index contributed by atoms with van der Waals surface area (Å²) in [7, 11) is -1.35. The molecular weight excluding hydrogens is 184 g/mol. The topological polar surface area (TPSA) is 46.5 Å². The smallest absolute Gasteiger partial charge is 0.333 e. The molecule has 3 nitrogen and oxygen atoms in total. The van der Waals surface area contributed by atoms with Crippen molar-refractivity contribution in [1.29, 1.82) is 0 Å². The summed E-state index contributed by atoms with van der Waals surface area (Å²) in [4.78, 5) is 11.2. The van der Waals surface area contributed by atoms with Crippen LogP contribution >= 0.6 is 0 Å². The molecule has 0 aliphatic rings. The number of carbonyl (C=O) groups is 1. The lowest BCUT2D eigenvalue weighted by Crippen LogP contribution is -2.19. The summed E-state index contributed by atoms with van der Waals surface area (Å²) in [6.45, 7) is 8.15. The Morgan fingerprint density at radius 1 is 1.46 bits per heavy atom. The van der Waals surface area contributed by atoms with Crippen LogP contribution in [0.15, 0.2) is 11.3 Å². The number of hydrogen-bond donors (Lipinski definition) is 1. The van der Waals surface area contributed by atoms with Crippen LogP contribution in [0.1, 0.15) is 6.92 Å². The van der Waals surface area contributed by atoms with Crippen LogP contribution in [0.3, 0.4) is 0 Å². The molecule has 0 aliphatic carbocycles. The van der Waals surface area contributed by atoms with Crippen molar-refractivity contribution < 1.29 is 14.6 Å². The molecule has 0 aromatic heterocycles. The minimum absolute atomic E-state index is 0.0791. The normalized spacial score (nSPS) is 12.8. The highest BCUT2D eigenvalue weighted by Crippen LogP contribution is 2.07. The van der Waals surface area contributed by atoms with Crippen LogP contribution in [-0.4, -0.2) is 32.4 Å². The van der Waals surface area contributed by atoms with Gasteiger partial charge in [-0.15, -0.1) is 0 Å². The number of rotatable bonds is 4. The molecule has 0 saturated heterocycles. The van der Waals surface area contributed by atoms with E-state index < -0.39 is 8.07 Å². The van der Waals surface area contributed by atoms with E-state index in [-0.39, 0.29) is 19.2 Å². The second kappa shape index (κ2) is 5.19. The van der Waals surface area contributed by atoms with Crippen molar-refractivity contribution in [1.82, 2.24) is 0 Å². The maximum atomic E-state index is 11.2. The van der Waals surface area contributed by atoms with Gasteiger partial charge in [0.05, 0.1) is 14.7 Å². The van der Waals surface area contributed by atoms with Gasteiger partial charge in [0.2, 0.25) is 0 Å². The Kier molecular flexibility index (Phi) is 4.94. The Morgan fingerprint density at radius 3 is 2.38 bits per heavy atom. The minimum atomic E-state index is -1.35. The monoisotopic (exact) mass is 202 g/mol. The first kappa shape index (κ1) is 12.4. The summed E-state index contributed by atoms with van der Waals surface area (Å²) >= 11 is 0. The zero-order valence-electron chi connectivity index (χ0n) is 8.76. The highest BCUT2D eigenvalue weighted by atomic mass is 28.3. The van der Waals surface area contributed by atoms with Gasteiger partial charge in [0, 0.05) is 5.57 Å². The number of esters is 1. The van der Waals surface area contributed by atoms with Crippen LogP contribution in [-0.2, 0) is 9.53 Å². The van der Waals surface area contributed by atoms with Gasteiger partial charge in [0.1, 0.15) is 6.61 Å². The maximum Gasteiger partial charge on any atom is 0.333 e. The van der Waals surface area contributed by atoms with Crippen LogP contribution in [0.25, 0.3) is 0 Å². The van der Waals surface area contributed by atoms with Gasteiger partial charge in [-0.3, -0.25) is 0 Å². The van der Waals surface area contributed by atoms with Crippen molar-refractivity contribution in [2.45, 2.75) is 26.6 Å². The minimum Gasteiger partial charge on any atom is -0.460 e. The first-order chi connectivity index (χ1) is 5.87. The molecule has 0 radical (unpaired) electrons. The third kappa shape index (κ3) is 6.54. The molecule has 0 fully saturated rings. The number of hydrogen-bond acceptors (Lipinski definition) is 3. The molecule has 0 unspecified atom stereocenters. The summed E-state index contributed by atoms with van der Waals surface area (Å²) < 4.78 is 4.76. The molecule has 0 aromatic rings. The standard InChI is InChI=1S/C9H18O3Si/c1-8(7-13(2,3)4)9(11)12-6-5-10/h7,10H,5-6H2,1-4H3. The molecule has 0 heterocycles. The van der Waals surface area contributed by atoms with Crippen molar-refractivity contribution in [3.8, 4) is 0 Å². The van der Waals surface area contributed by atoms with Gasteiger partial charge in [-0.05, 0) is 6.92 Å². The zero-order chi connectivity index (χ0) is 10.5. The Balaban J connectivity index is 4.17. The van der Waals surface area contributed by atoms with E-state index in [0.717, 1.165) is 0 Å². The number of carbonyl (C=O) groups excluding carboxylic acids is 1. The van der Waals surface area contributed by atoms with Gasteiger partial charge in [-0.25, -0.2) is 4.79 Å². The van der Waals surface area contributed by atoms with E-state index in [2.05, 4.69) is 19.6 Å². The molecule has 76 valence electrons. The predicted molar refractivity (Wildman–Crippen MR) is 55.1 cm³/mol. The first-order valence-corrected chi connectivity index (χ1v) is 7.92. The van der Waals surface area contributed by atoms with Gasteiger partial charge >= 0.3 is 5.97 Å². The lowest BCUT2D eigenvalue weighted by Gasteiger charge is -2.11. The zero-order valence-corrected chi connectivity index (χ0v) is 9.76. The van der Waals surface area contributed by atoms with Crippen molar-refractivity contribution in [2.24, 2.45) is 0 Å². The average molecular weight is 202 g/mol. The van der Waals surface area contributed by atoms with E-state index in [1.165, 1.54) is 0 Å². The number of ether oxygens (including phenoxy) is 1. The van der Waals surface area contributed by atoms with E-state index in [0.29, 0.717) is 5.57 Å². The Bertz CT molecular complexity index is 203. The summed E-state index contributed by atoms with van der Waals surface area (Å²) in [6, 6.07) is 0. The van der Waals surface area contributed by atoms with Crippen LogP contribution in [0.4, 0.5) is 0 Å². The SMILES string of the molecule is CC(=C[Si](C)(C)C)C(=O)OCCO. The average Bonchev–Trinajstić information content (AvgIpc) is 1.96. The van der Waals surface area contributed by atoms with Gasteiger partial charge in [0.15, 0.2) is 0 Å². The van der Waals surface area contributed by atoms with Gasteiger partial charge < -0.3 is 9.84 Å². The lowest BCUT2D eigenvalue weighted by atomic mass is 10.4. The lowest BCUT2D eigenvalue weighted by molar-refractivity contribution is -0.139. The third-order valence-corrected chi connectivity index (χ3v) is 2.59. The molecule has 0 aliphatic heterocycles. The summed E-state index contributed by atoms with van der Waals surface area (Å²) in [5, 5.41) is 8.44. The van der Waals surface area contributed by atoms with Gasteiger partial charge in [-0.2, -0.15) is 0 Å². The predicted octanol–water partition coefficient (Wildman–Crippen LogP) is 1.35. The summed E-state index contributed by atoms with van der Waals surface area (Å²) in [6.07, 6.45) is 0. The summed E-state index contributed by atoms with van der Waals surface area (Å²) in [5.41, 5.74) is 2.64. The van der Waals surface area contributed by atoms with Gasteiger partial charge in [-0.1, -0.05) is 25.3 Å². The molecule has 0 rings (SSSR count). The van der Waals surface area contributed by atoms with Crippen molar-refractivity contribution in [3.05, 3.63) is 11.3 Å². The highest BCUT2D eigenvalue weighted by Gasteiger charge is 2.13. The molecule has 0 spiro atoms. The molecule has 13 heavy (non-hydrogen) atoms. The summed E-state index contributed by atoms with van der Waals surface area (Å²) in [5.74, 6) is -0.323. The molecule has 1 N–H and O–H groups in total. The van der Waals surface area contributed by atoms with Crippen molar-refractivity contribution in [3.63, 3.8) is 0 Å². The van der Waals surface area contributed by atoms with E-state index in [1.54, 1.807) is 6.92 Å². The Labute approximate surface area is 80.4 Å².